The third-order valence-corrected chi connectivity index (χ3v) is 2.63. The van der Waals surface area contributed by atoms with Gasteiger partial charge in [-0.2, -0.15) is 0 Å². The lowest BCUT2D eigenvalue weighted by Crippen LogP contribution is -2.32. The van der Waals surface area contributed by atoms with E-state index < -0.39 is 0 Å². The molecule has 0 atom stereocenters. The van der Waals surface area contributed by atoms with Crippen LogP contribution >= 0.6 is 0 Å². The standard InChI is InChI=1S/C10H16N2O/c13-10-5-3-9(4-6-10)11-12-7-1-2-8-12/h1-2,7-11,13H,3-6H2. The van der Waals surface area contributed by atoms with Crippen LogP contribution in [0.4, 0.5) is 0 Å². The van der Waals surface area contributed by atoms with Crippen molar-refractivity contribution in [2.24, 2.45) is 0 Å². The van der Waals surface area contributed by atoms with Crippen molar-refractivity contribution in [2.75, 3.05) is 5.43 Å². The average molecular weight is 180 g/mol. The number of nitrogens with one attached hydrogen (secondary N) is 1. The second kappa shape index (κ2) is 3.83. The summed E-state index contributed by atoms with van der Waals surface area (Å²) >= 11 is 0. The number of aliphatic hydroxyl groups is 1. The van der Waals surface area contributed by atoms with Gasteiger partial charge in [-0.3, -0.25) is 4.68 Å². The topological polar surface area (TPSA) is 37.2 Å². The molecule has 0 bridgehead atoms. The van der Waals surface area contributed by atoms with Crippen LogP contribution in [-0.2, 0) is 0 Å². The Hall–Kier alpha value is -0.960. The van der Waals surface area contributed by atoms with E-state index in [2.05, 4.69) is 5.43 Å². The van der Waals surface area contributed by atoms with Gasteiger partial charge in [-0.1, -0.05) is 0 Å². The smallest absolute Gasteiger partial charge is 0.0541 e. The van der Waals surface area contributed by atoms with E-state index in [1.807, 2.05) is 29.2 Å². The lowest BCUT2D eigenvalue weighted by molar-refractivity contribution is 0.124. The minimum atomic E-state index is -0.0669. The third kappa shape index (κ3) is 2.25. The van der Waals surface area contributed by atoms with E-state index in [1.54, 1.807) is 0 Å². The highest BCUT2D eigenvalue weighted by molar-refractivity contribution is 4.96. The van der Waals surface area contributed by atoms with Crippen molar-refractivity contribution >= 4 is 0 Å². The first-order valence-electron chi connectivity index (χ1n) is 4.92. The van der Waals surface area contributed by atoms with Gasteiger partial charge in [0.05, 0.1) is 6.10 Å². The molecule has 13 heavy (non-hydrogen) atoms. The fourth-order valence-electron chi connectivity index (χ4n) is 1.84. The molecule has 1 saturated carbocycles. The molecule has 3 heteroatoms. The summed E-state index contributed by atoms with van der Waals surface area (Å²) in [4.78, 5) is 0. The first-order valence-corrected chi connectivity index (χ1v) is 4.92. The van der Waals surface area contributed by atoms with Gasteiger partial charge in [0, 0.05) is 18.4 Å². The fourth-order valence-corrected chi connectivity index (χ4v) is 1.84. The Morgan fingerprint density at radius 1 is 1.08 bits per heavy atom. The van der Waals surface area contributed by atoms with Crippen molar-refractivity contribution in [2.45, 2.75) is 37.8 Å². The molecule has 0 spiro atoms. The summed E-state index contributed by atoms with van der Waals surface area (Å²) in [5.74, 6) is 0. The van der Waals surface area contributed by atoms with Crippen molar-refractivity contribution in [3.8, 4) is 0 Å². The molecule has 1 aliphatic rings. The van der Waals surface area contributed by atoms with Gasteiger partial charge >= 0.3 is 0 Å². The molecule has 1 aromatic heterocycles. The van der Waals surface area contributed by atoms with Crippen LogP contribution in [0.15, 0.2) is 24.5 Å². The molecule has 0 aromatic carbocycles. The number of hydrogen-bond acceptors (Lipinski definition) is 2. The summed E-state index contributed by atoms with van der Waals surface area (Å²) in [5, 5.41) is 9.32. The normalized spacial score (nSPS) is 28.7. The molecular weight excluding hydrogens is 164 g/mol. The van der Waals surface area contributed by atoms with Gasteiger partial charge in [-0.05, 0) is 37.8 Å². The molecule has 1 fully saturated rings. The lowest BCUT2D eigenvalue weighted by Gasteiger charge is -2.27. The number of aromatic nitrogens is 1. The van der Waals surface area contributed by atoms with Crippen LogP contribution in [0.1, 0.15) is 25.7 Å². The Balaban J connectivity index is 1.83. The quantitative estimate of drug-likeness (QED) is 0.720. The van der Waals surface area contributed by atoms with Crippen LogP contribution in [0.5, 0.6) is 0 Å². The predicted molar refractivity (Wildman–Crippen MR) is 52.1 cm³/mol. The second-order valence-electron chi connectivity index (χ2n) is 3.72. The predicted octanol–water partition coefficient (Wildman–Crippen LogP) is 1.34. The average Bonchev–Trinajstić information content (AvgIpc) is 2.62. The first kappa shape index (κ1) is 8.63. The SMILES string of the molecule is OC1CCC(Nn2cccc2)CC1. The summed E-state index contributed by atoms with van der Waals surface area (Å²) in [6.07, 6.45) is 7.94. The summed E-state index contributed by atoms with van der Waals surface area (Å²) in [6.45, 7) is 0. The molecule has 0 unspecified atom stereocenters. The maximum absolute atomic E-state index is 9.32. The number of hydrogen-bond donors (Lipinski definition) is 2. The lowest BCUT2D eigenvalue weighted by atomic mass is 9.94. The van der Waals surface area contributed by atoms with Gasteiger partial charge in [-0.15, -0.1) is 0 Å². The third-order valence-electron chi connectivity index (χ3n) is 2.63. The fraction of sp³-hybridized carbons (Fsp3) is 0.600. The van der Waals surface area contributed by atoms with Crippen LogP contribution in [0.25, 0.3) is 0 Å². The number of aliphatic hydroxyl groups excluding tert-OH is 1. The van der Waals surface area contributed by atoms with Gasteiger partial charge in [-0.25, -0.2) is 0 Å². The molecule has 0 radical (unpaired) electrons. The Morgan fingerprint density at radius 3 is 2.31 bits per heavy atom. The van der Waals surface area contributed by atoms with Gasteiger partial charge < -0.3 is 10.5 Å². The van der Waals surface area contributed by atoms with Crippen LogP contribution in [-0.4, -0.2) is 21.9 Å². The number of rotatable bonds is 2. The van der Waals surface area contributed by atoms with Crippen LogP contribution in [0.2, 0.25) is 0 Å². The molecule has 1 heterocycles. The van der Waals surface area contributed by atoms with Gasteiger partial charge in [0.2, 0.25) is 0 Å². The Morgan fingerprint density at radius 2 is 1.69 bits per heavy atom. The first-order chi connectivity index (χ1) is 6.34. The summed E-state index contributed by atoms with van der Waals surface area (Å²) in [5.41, 5.74) is 3.39. The molecule has 2 N–H and O–H groups in total. The van der Waals surface area contributed by atoms with E-state index in [9.17, 15) is 5.11 Å². The van der Waals surface area contributed by atoms with Crippen molar-refractivity contribution in [1.29, 1.82) is 0 Å². The van der Waals surface area contributed by atoms with Crippen molar-refractivity contribution in [3.05, 3.63) is 24.5 Å². The van der Waals surface area contributed by atoms with Crippen molar-refractivity contribution < 1.29 is 5.11 Å². The van der Waals surface area contributed by atoms with Crippen LogP contribution in [0, 0.1) is 0 Å². The maximum atomic E-state index is 9.32. The molecule has 2 rings (SSSR count). The molecule has 1 aliphatic carbocycles. The van der Waals surface area contributed by atoms with E-state index in [0.29, 0.717) is 6.04 Å². The monoisotopic (exact) mass is 180 g/mol. The zero-order valence-corrected chi connectivity index (χ0v) is 7.69. The van der Waals surface area contributed by atoms with Crippen molar-refractivity contribution in [1.82, 2.24) is 4.68 Å². The van der Waals surface area contributed by atoms with E-state index in [4.69, 9.17) is 0 Å². The van der Waals surface area contributed by atoms with Crippen molar-refractivity contribution in [3.63, 3.8) is 0 Å². The van der Waals surface area contributed by atoms with Gasteiger partial charge in [0.15, 0.2) is 0 Å². The summed E-state index contributed by atoms with van der Waals surface area (Å²) in [7, 11) is 0. The minimum Gasteiger partial charge on any atom is -0.393 e. The summed E-state index contributed by atoms with van der Waals surface area (Å²) in [6, 6.07) is 4.53. The molecule has 72 valence electrons. The second-order valence-corrected chi connectivity index (χ2v) is 3.72. The van der Waals surface area contributed by atoms with E-state index in [1.165, 1.54) is 0 Å². The zero-order chi connectivity index (χ0) is 9.10. The molecule has 0 aliphatic heterocycles. The Bertz CT molecular complexity index is 237. The largest absolute Gasteiger partial charge is 0.393 e. The molecule has 1 aromatic rings. The highest BCUT2D eigenvalue weighted by Gasteiger charge is 2.18. The molecule has 0 saturated heterocycles. The summed E-state index contributed by atoms with van der Waals surface area (Å²) < 4.78 is 1.99. The van der Waals surface area contributed by atoms with Crippen LogP contribution in [0.3, 0.4) is 0 Å². The Labute approximate surface area is 78.3 Å². The van der Waals surface area contributed by atoms with E-state index in [-0.39, 0.29) is 6.10 Å². The molecule has 3 nitrogen and oxygen atoms in total. The highest BCUT2D eigenvalue weighted by atomic mass is 16.3. The zero-order valence-electron chi connectivity index (χ0n) is 7.69. The molecule has 0 amide bonds. The van der Waals surface area contributed by atoms with E-state index in [0.717, 1.165) is 25.7 Å². The van der Waals surface area contributed by atoms with Gasteiger partial charge in [0.1, 0.15) is 0 Å². The van der Waals surface area contributed by atoms with Crippen LogP contribution < -0.4 is 5.43 Å². The van der Waals surface area contributed by atoms with E-state index >= 15 is 0 Å². The highest BCUT2D eigenvalue weighted by Crippen LogP contribution is 2.18. The maximum Gasteiger partial charge on any atom is 0.0541 e. The number of nitrogens with zero attached hydrogens (tertiary/aromatic N) is 1. The minimum absolute atomic E-state index is 0.0669. The van der Waals surface area contributed by atoms with Gasteiger partial charge in [0.25, 0.3) is 0 Å². The molecular formula is C10H16N2O. The Kier molecular flexibility index (Phi) is 2.54.